The molecule has 0 aliphatic carbocycles. The topological polar surface area (TPSA) is 9.23 Å². The molecule has 0 spiro atoms. The second-order valence-electron chi connectivity index (χ2n) is 1.94. The molecule has 1 heterocycles. The Bertz CT molecular complexity index is 181. The van der Waals surface area contributed by atoms with E-state index in [1.807, 2.05) is 0 Å². The first-order valence-corrected chi connectivity index (χ1v) is 3.74. The van der Waals surface area contributed by atoms with Crippen LogP contribution in [-0.4, -0.2) is 7.11 Å². The molecule has 0 amide bonds. The molecular formula is C7H10OS. The Balaban J connectivity index is 2.69. The van der Waals surface area contributed by atoms with E-state index in [1.54, 1.807) is 18.4 Å². The standard InChI is InChI=1S/C7H10OS/c1-6-7(5-8-2)3-4-9-6/h3-4H,5H2,1-2H3. The molecule has 1 rings (SSSR count). The van der Waals surface area contributed by atoms with E-state index in [2.05, 4.69) is 18.4 Å². The zero-order valence-corrected chi connectivity index (χ0v) is 6.49. The van der Waals surface area contributed by atoms with Crippen LogP contribution in [0.3, 0.4) is 0 Å². The first-order chi connectivity index (χ1) is 4.34. The molecule has 0 unspecified atom stereocenters. The SMILES string of the molecule is COCc1ccsc1C. The largest absolute Gasteiger partial charge is 0.380 e. The van der Waals surface area contributed by atoms with E-state index in [4.69, 9.17) is 4.74 Å². The average molecular weight is 142 g/mol. The molecule has 1 aromatic heterocycles. The van der Waals surface area contributed by atoms with E-state index in [9.17, 15) is 0 Å². The van der Waals surface area contributed by atoms with Crippen molar-refractivity contribution in [2.24, 2.45) is 0 Å². The van der Waals surface area contributed by atoms with Crippen LogP contribution in [0.15, 0.2) is 11.4 Å². The van der Waals surface area contributed by atoms with Crippen molar-refractivity contribution in [3.05, 3.63) is 21.9 Å². The van der Waals surface area contributed by atoms with Crippen molar-refractivity contribution in [1.29, 1.82) is 0 Å². The van der Waals surface area contributed by atoms with Gasteiger partial charge in [0.15, 0.2) is 0 Å². The maximum Gasteiger partial charge on any atom is 0.0723 e. The average Bonchev–Trinajstić information content (AvgIpc) is 2.18. The van der Waals surface area contributed by atoms with E-state index in [0.717, 1.165) is 6.61 Å². The fourth-order valence-corrected chi connectivity index (χ4v) is 1.43. The molecule has 1 aromatic rings. The third kappa shape index (κ3) is 1.53. The van der Waals surface area contributed by atoms with Crippen molar-refractivity contribution in [2.45, 2.75) is 13.5 Å². The van der Waals surface area contributed by atoms with E-state index in [1.165, 1.54) is 10.4 Å². The summed E-state index contributed by atoms with van der Waals surface area (Å²) in [6.07, 6.45) is 0. The van der Waals surface area contributed by atoms with Crippen LogP contribution in [0.5, 0.6) is 0 Å². The van der Waals surface area contributed by atoms with Gasteiger partial charge in [0.1, 0.15) is 0 Å². The van der Waals surface area contributed by atoms with Crippen molar-refractivity contribution in [2.75, 3.05) is 7.11 Å². The zero-order valence-electron chi connectivity index (χ0n) is 5.68. The van der Waals surface area contributed by atoms with Crippen LogP contribution in [-0.2, 0) is 11.3 Å². The number of hydrogen-bond donors (Lipinski definition) is 0. The first kappa shape index (κ1) is 6.78. The Hall–Kier alpha value is -0.340. The summed E-state index contributed by atoms with van der Waals surface area (Å²) in [5.41, 5.74) is 1.31. The highest BCUT2D eigenvalue weighted by molar-refractivity contribution is 7.10. The highest BCUT2D eigenvalue weighted by Crippen LogP contribution is 2.14. The van der Waals surface area contributed by atoms with Gasteiger partial charge in [-0.3, -0.25) is 0 Å². The number of rotatable bonds is 2. The molecule has 0 aliphatic rings. The van der Waals surface area contributed by atoms with Crippen molar-refractivity contribution in [3.8, 4) is 0 Å². The Morgan fingerprint density at radius 1 is 1.67 bits per heavy atom. The van der Waals surface area contributed by atoms with E-state index >= 15 is 0 Å². The van der Waals surface area contributed by atoms with Gasteiger partial charge in [0.05, 0.1) is 6.61 Å². The molecule has 0 atom stereocenters. The van der Waals surface area contributed by atoms with Crippen molar-refractivity contribution < 1.29 is 4.74 Å². The minimum Gasteiger partial charge on any atom is -0.380 e. The Morgan fingerprint density at radius 2 is 2.44 bits per heavy atom. The molecule has 0 aromatic carbocycles. The van der Waals surface area contributed by atoms with Crippen molar-refractivity contribution in [3.63, 3.8) is 0 Å². The van der Waals surface area contributed by atoms with E-state index in [-0.39, 0.29) is 0 Å². The Labute approximate surface area is 59.3 Å². The van der Waals surface area contributed by atoms with E-state index in [0.29, 0.717) is 0 Å². The maximum atomic E-state index is 4.97. The van der Waals surface area contributed by atoms with Gasteiger partial charge >= 0.3 is 0 Å². The monoisotopic (exact) mass is 142 g/mol. The smallest absolute Gasteiger partial charge is 0.0723 e. The lowest BCUT2D eigenvalue weighted by molar-refractivity contribution is 0.185. The third-order valence-electron chi connectivity index (χ3n) is 1.27. The number of thiophene rings is 1. The van der Waals surface area contributed by atoms with Crippen LogP contribution < -0.4 is 0 Å². The number of hydrogen-bond acceptors (Lipinski definition) is 2. The molecule has 9 heavy (non-hydrogen) atoms. The molecule has 2 heteroatoms. The lowest BCUT2D eigenvalue weighted by Crippen LogP contribution is -1.84. The second-order valence-corrected chi connectivity index (χ2v) is 3.06. The molecule has 0 aliphatic heterocycles. The van der Waals surface area contributed by atoms with Gasteiger partial charge < -0.3 is 4.74 Å². The first-order valence-electron chi connectivity index (χ1n) is 2.86. The van der Waals surface area contributed by atoms with Gasteiger partial charge in [0, 0.05) is 12.0 Å². The molecule has 50 valence electrons. The molecule has 0 saturated heterocycles. The molecule has 0 radical (unpaired) electrons. The fraction of sp³-hybridized carbons (Fsp3) is 0.429. The summed E-state index contributed by atoms with van der Waals surface area (Å²) in [5.74, 6) is 0. The zero-order chi connectivity index (χ0) is 6.69. The number of ether oxygens (including phenoxy) is 1. The quantitative estimate of drug-likeness (QED) is 0.615. The minimum absolute atomic E-state index is 0.745. The molecule has 0 fully saturated rings. The number of aryl methyl sites for hydroxylation is 1. The van der Waals surface area contributed by atoms with Crippen LogP contribution in [0, 0.1) is 6.92 Å². The van der Waals surface area contributed by atoms with Crippen LogP contribution in [0.4, 0.5) is 0 Å². The summed E-state index contributed by atoms with van der Waals surface area (Å²) in [5, 5.41) is 2.09. The van der Waals surface area contributed by atoms with Crippen LogP contribution in [0.1, 0.15) is 10.4 Å². The molecular weight excluding hydrogens is 132 g/mol. The fourth-order valence-electron chi connectivity index (χ4n) is 0.717. The summed E-state index contributed by atoms with van der Waals surface area (Å²) in [6.45, 7) is 2.86. The third-order valence-corrected chi connectivity index (χ3v) is 2.15. The van der Waals surface area contributed by atoms with Crippen LogP contribution >= 0.6 is 11.3 Å². The summed E-state index contributed by atoms with van der Waals surface area (Å²) in [6, 6.07) is 2.10. The molecule has 0 saturated carbocycles. The van der Waals surface area contributed by atoms with Gasteiger partial charge in [-0.2, -0.15) is 0 Å². The van der Waals surface area contributed by atoms with Gasteiger partial charge in [0.25, 0.3) is 0 Å². The highest BCUT2D eigenvalue weighted by atomic mass is 32.1. The highest BCUT2D eigenvalue weighted by Gasteiger charge is 1.95. The lowest BCUT2D eigenvalue weighted by atomic mass is 10.3. The van der Waals surface area contributed by atoms with Gasteiger partial charge in [0.2, 0.25) is 0 Å². The Morgan fingerprint density at radius 3 is 2.89 bits per heavy atom. The summed E-state index contributed by atoms with van der Waals surface area (Å²) in [7, 11) is 1.72. The lowest BCUT2D eigenvalue weighted by Gasteiger charge is -1.94. The maximum absolute atomic E-state index is 4.97. The molecule has 1 nitrogen and oxygen atoms in total. The second kappa shape index (κ2) is 2.99. The van der Waals surface area contributed by atoms with E-state index < -0.39 is 0 Å². The predicted molar refractivity (Wildman–Crippen MR) is 39.8 cm³/mol. The summed E-state index contributed by atoms with van der Waals surface area (Å²) >= 11 is 1.76. The van der Waals surface area contributed by atoms with Gasteiger partial charge in [-0.05, 0) is 23.9 Å². The van der Waals surface area contributed by atoms with Gasteiger partial charge in [-0.15, -0.1) is 11.3 Å². The van der Waals surface area contributed by atoms with Crippen LogP contribution in [0.25, 0.3) is 0 Å². The van der Waals surface area contributed by atoms with Crippen molar-refractivity contribution in [1.82, 2.24) is 0 Å². The van der Waals surface area contributed by atoms with Gasteiger partial charge in [-0.25, -0.2) is 0 Å². The normalized spacial score (nSPS) is 10.0. The summed E-state index contributed by atoms with van der Waals surface area (Å²) < 4.78 is 4.97. The molecule has 0 N–H and O–H groups in total. The summed E-state index contributed by atoms with van der Waals surface area (Å²) in [4.78, 5) is 1.36. The Kier molecular flexibility index (Phi) is 2.25. The minimum atomic E-state index is 0.745. The predicted octanol–water partition coefficient (Wildman–Crippen LogP) is 2.20. The molecule has 0 bridgehead atoms. The van der Waals surface area contributed by atoms with Gasteiger partial charge in [-0.1, -0.05) is 0 Å². The number of methoxy groups -OCH3 is 1. The van der Waals surface area contributed by atoms with Crippen LogP contribution in [0.2, 0.25) is 0 Å². The van der Waals surface area contributed by atoms with Crippen molar-refractivity contribution >= 4 is 11.3 Å².